The predicted octanol–water partition coefficient (Wildman–Crippen LogP) is 5.65. The predicted molar refractivity (Wildman–Crippen MR) is 140 cm³/mol. The normalized spacial score (nSPS) is 18.9. The molecule has 1 unspecified atom stereocenters. The third kappa shape index (κ3) is 3.56. The summed E-state index contributed by atoms with van der Waals surface area (Å²) in [7, 11) is 0. The molecule has 0 radical (unpaired) electrons. The summed E-state index contributed by atoms with van der Waals surface area (Å²) in [6, 6.07) is 5.92. The molecule has 0 bridgehead atoms. The fourth-order valence-corrected chi connectivity index (χ4v) is 5.75. The Labute approximate surface area is 214 Å². The zero-order valence-electron chi connectivity index (χ0n) is 21.4. The number of hydrogen-bond acceptors (Lipinski definition) is 6. The number of halogens is 2. The van der Waals surface area contributed by atoms with Crippen molar-refractivity contribution in [2.45, 2.75) is 58.5 Å². The molecule has 1 atom stereocenters. The van der Waals surface area contributed by atoms with Gasteiger partial charge in [0.25, 0.3) is 0 Å². The van der Waals surface area contributed by atoms with E-state index in [1.54, 1.807) is 18.3 Å². The molecule has 2 aliphatic rings. The number of aromatic hydroxyl groups is 1. The molecule has 2 fully saturated rings. The van der Waals surface area contributed by atoms with Crippen LogP contribution in [0.25, 0.3) is 32.9 Å². The van der Waals surface area contributed by atoms with Crippen molar-refractivity contribution in [3.63, 3.8) is 0 Å². The van der Waals surface area contributed by atoms with Crippen LogP contribution in [0.1, 0.15) is 51.9 Å². The average molecular weight is 505 g/mol. The van der Waals surface area contributed by atoms with Crippen molar-refractivity contribution in [3.8, 4) is 17.0 Å². The second kappa shape index (κ2) is 8.05. The van der Waals surface area contributed by atoms with Crippen molar-refractivity contribution in [2.75, 3.05) is 18.0 Å². The minimum atomic E-state index is -0.635. The highest BCUT2D eigenvalue weighted by atomic mass is 19.1. The minimum Gasteiger partial charge on any atom is -0.508 e. The zero-order chi connectivity index (χ0) is 26.3. The van der Waals surface area contributed by atoms with E-state index in [0.29, 0.717) is 58.4 Å². The third-order valence-electron chi connectivity index (χ3n) is 8.03. The molecular weight excluding hydrogens is 474 g/mol. The standard InChI is InChI=1S/C29H30F2N4O2/c1-5-17-20(30)7-6-15-10-16(36)11-18(22(15)17)24-23(31)25-19(12-32-24)26(34-27(33-25)28(2,3)4)35-13-29(14-35)9-8-21(29)37/h6-7,10-12,21,36-37H,5,8-9,13-14H2,1-4H3. The van der Waals surface area contributed by atoms with E-state index in [1.807, 2.05) is 27.7 Å². The molecule has 2 aromatic heterocycles. The van der Waals surface area contributed by atoms with Crippen LogP contribution in [0.3, 0.4) is 0 Å². The Bertz CT molecular complexity index is 1570. The lowest BCUT2D eigenvalue weighted by atomic mass is 9.61. The van der Waals surface area contributed by atoms with E-state index in [1.165, 1.54) is 12.1 Å². The van der Waals surface area contributed by atoms with Crippen LogP contribution in [0, 0.1) is 17.0 Å². The number of nitrogens with zero attached hydrogens (tertiary/aromatic N) is 4. The smallest absolute Gasteiger partial charge is 0.175 e. The van der Waals surface area contributed by atoms with Gasteiger partial charge in [-0.25, -0.2) is 18.7 Å². The van der Waals surface area contributed by atoms with E-state index in [2.05, 4.69) is 14.9 Å². The molecule has 6 rings (SSSR count). The molecule has 3 heterocycles. The topological polar surface area (TPSA) is 82.4 Å². The van der Waals surface area contributed by atoms with Crippen LogP contribution >= 0.6 is 0 Å². The Balaban J connectivity index is 1.58. The van der Waals surface area contributed by atoms with Crippen molar-refractivity contribution >= 4 is 27.5 Å². The molecule has 1 saturated heterocycles. The molecule has 2 N–H and O–H groups in total. The number of aromatic nitrogens is 3. The molecule has 1 saturated carbocycles. The third-order valence-corrected chi connectivity index (χ3v) is 8.03. The van der Waals surface area contributed by atoms with Gasteiger partial charge in [0.1, 0.15) is 34.4 Å². The number of aryl methyl sites for hydroxylation is 1. The van der Waals surface area contributed by atoms with Crippen molar-refractivity contribution < 1.29 is 19.0 Å². The van der Waals surface area contributed by atoms with Crippen LogP contribution in [-0.4, -0.2) is 44.4 Å². The van der Waals surface area contributed by atoms with Gasteiger partial charge in [-0.3, -0.25) is 4.98 Å². The number of anilines is 1. The van der Waals surface area contributed by atoms with Crippen LogP contribution < -0.4 is 4.90 Å². The summed E-state index contributed by atoms with van der Waals surface area (Å²) in [4.78, 5) is 16.0. The van der Waals surface area contributed by atoms with Gasteiger partial charge in [0.15, 0.2) is 5.82 Å². The minimum absolute atomic E-state index is 0.00713. The molecule has 0 amide bonds. The first-order chi connectivity index (χ1) is 17.5. The van der Waals surface area contributed by atoms with E-state index in [4.69, 9.17) is 4.98 Å². The molecule has 1 aliphatic heterocycles. The number of pyridine rings is 1. The Kier molecular flexibility index (Phi) is 5.22. The van der Waals surface area contributed by atoms with E-state index in [-0.39, 0.29) is 34.3 Å². The maximum atomic E-state index is 16.4. The summed E-state index contributed by atoms with van der Waals surface area (Å²) in [5.41, 5.74) is 0.370. The molecule has 2 aromatic carbocycles. The molecule has 8 heteroatoms. The van der Waals surface area contributed by atoms with E-state index < -0.39 is 11.2 Å². The molecule has 1 spiro atoms. The van der Waals surface area contributed by atoms with Gasteiger partial charge in [0, 0.05) is 35.7 Å². The van der Waals surface area contributed by atoms with E-state index in [9.17, 15) is 14.6 Å². The first kappa shape index (κ1) is 24.0. The molecule has 37 heavy (non-hydrogen) atoms. The second-order valence-electron chi connectivity index (χ2n) is 11.5. The van der Waals surface area contributed by atoms with E-state index in [0.717, 1.165) is 12.8 Å². The number of aliphatic hydroxyl groups is 1. The SMILES string of the molecule is CCc1c(F)ccc2cc(O)cc(-c3ncc4c(N5CC6(CCC6O)C5)nc(C(C)(C)C)nc4c3F)c12. The zero-order valence-corrected chi connectivity index (χ0v) is 21.4. The number of fused-ring (bicyclic) bond motifs is 2. The first-order valence-electron chi connectivity index (χ1n) is 12.8. The van der Waals surface area contributed by atoms with Gasteiger partial charge in [-0.1, -0.05) is 33.8 Å². The van der Waals surface area contributed by atoms with Gasteiger partial charge in [0.05, 0.1) is 11.5 Å². The Morgan fingerprint density at radius 3 is 2.51 bits per heavy atom. The van der Waals surface area contributed by atoms with Gasteiger partial charge >= 0.3 is 0 Å². The van der Waals surface area contributed by atoms with Crippen LogP contribution in [0.4, 0.5) is 14.6 Å². The highest BCUT2D eigenvalue weighted by Gasteiger charge is 2.55. The van der Waals surface area contributed by atoms with Crippen LogP contribution in [0.5, 0.6) is 5.75 Å². The average Bonchev–Trinajstić information content (AvgIpc) is 2.81. The Morgan fingerprint density at radius 1 is 1.14 bits per heavy atom. The highest BCUT2D eigenvalue weighted by Crippen LogP contribution is 2.50. The fraction of sp³-hybridized carbons (Fsp3) is 0.414. The molecule has 4 aromatic rings. The number of aliphatic hydroxyl groups excluding tert-OH is 1. The van der Waals surface area contributed by atoms with E-state index >= 15 is 4.39 Å². The van der Waals surface area contributed by atoms with Gasteiger partial charge in [-0.05, 0) is 53.8 Å². The number of rotatable bonds is 3. The maximum absolute atomic E-state index is 16.4. The first-order valence-corrected chi connectivity index (χ1v) is 12.8. The van der Waals surface area contributed by atoms with Crippen LogP contribution in [0.2, 0.25) is 0 Å². The fourth-order valence-electron chi connectivity index (χ4n) is 5.75. The molecule has 1 aliphatic carbocycles. The van der Waals surface area contributed by atoms with Gasteiger partial charge < -0.3 is 15.1 Å². The highest BCUT2D eigenvalue weighted by molar-refractivity contribution is 6.01. The van der Waals surface area contributed by atoms with Crippen LogP contribution in [-0.2, 0) is 11.8 Å². The quantitative estimate of drug-likeness (QED) is 0.375. The Morgan fingerprint density at radius 2 is 1.89 bits per heavy atom. The summed E-state index contributed by atoms with van der Waals surface area (Å²) in [6.07, 6.45) is 3.44. The summed E-state index contributed by atoms with van der Waals surface area (Å²) < 4.78 is 31.1. The number of phenolic OH excluding ortho intramolecular Hbond substituents is 1. The number of hydrogen-bond donors (Lipinski definition) is 2. The van der Waals surface area contributed by atoms with Crippen LogP contribution in [0.15, 0.2) is 30.5 Å². The summed E-state index contributed by atoms with van der Waals surface area (Å²) in [6.45, 7) is 9.08. The van der Waals surface area contributed by atoms with Gasteiger partial charge in [-0.2, -0.15) is 0 Å². The lowest BCUT2D eigenvalue weighted by Crippen LogP contribution is -2.67. The summed E-state index contributed by atoms with van der Waals surface area (Å²) in [5.74, 6) is 0.0402. The summed E-state index contributed by atoms with van der Waals surface area (Å²) >= 11 is 0. The van der Waals surface area contributed by atoms with Crippen molar-refractivity contribution in [1.29, 1.82) is 0 Å². The van der Waals surface area contributed by atoms with Crippen molar-refractivity contribution in [2.24, 2.45) is 5.41 Å². The van der Waals surface area contributed by atoms with Gasteiger partial charge in [0.2, 0.25) is 0 Å². The largest absolute Gasteiger partial charge is 0.508 e. The second-order valence-corrected chi connectivity index (χ2v) is 11.5. The lowest BCUT2D eigenvalue weighted by Gasteiger charge is -2.59. The number of benzene rings is 2. The number of phenols is 1. The van der Waals surface area contributed by atoms with Crippen molar-refractivity contribution in [3.05, 3.63) is 53.5 Å². The monoisotopic (exact) mass is 504 g/mol. The molecule has 6 nitrogen and oxygen atoms in total. The molecular formula is C29H30F2N4O2. The summed E-state index contributed by atoms with van der Waals surface area (Å²) in [5, 5.41) is 22.3. The lowest BCUT2D eigenvalue weighted by molar-refractivity contribution is -0.0824. The van der Waals surface area contributed by atoms with Gasteiger partial charge in [-0.15, -0.1) is 0 Å². The van der Waals surface area contributed by atoms with Crippen molar-refractivity contribution in [1.82, 2.24) is 15.0 Å². The maximum Gasteiger partial charge on any atom is 0.175 e. The molecule has 192 valence electrons. The Hall–Kier alpha value is -3.39.